The van der Waals surface area contributed by atoms with Gasteiger partial charge in [-0.3, -0.25) is 24.0 Å². The molecule has 2 aromatic carbocycles. The molecule has 1 aromatic heterocycles. The number of Topliss-reactive ketones (excluding diaryl/α,β-unsaturated/α-hetero) is 1. The van der Waals surface area contributed by atoms with E-state index in [9.17, 15) is 28.4 Å². The molecular weight excluding hydrogens is 639 g/mol. The van der Waals surface area contributed by atoms with Crippen molar-refractivity contribution in [2.24, 2.45) is 5.92 Å². The van der Waals surface area contributed by atoms with Gasteiger partial charge in [0, 0.05) is 24.7 Å². The summed E-state index contributed by atoms with van der Waals surface area (Å²) < 4.78 is 25.8. The molecule has 0 unspecified atom stereocenters. The van der Waals surface area contributed by atoms with Crippen LogP contribution >= 0.6 is 11.3 Å². The van der Waals surface area contributed by atoms with Gasteiger partial charge >= 0.3 is 0 Å². The van der Waals surface area contributed by atoms with Crippen LogP contribution in [-0.2, 0) is 27.2 Å². The van der Waals surface area contributed by atoms with Gasteiger partial charge in [-0.2, -0.15) is 0 Å². The fourth-order valence-electron chi connectivity index (χ4n) is 5.21. The third-order valence-electron chi connectivity index (χ3n) is 8.01. The number of nitrogens with one attached hydrogen (secondary N) is 3. The quantitative estimate of drug-likeness (QED) is 0.294. The van der Waals surface area contributed by atoms with Crippen LogP contribution in [0.15, 0.2) is 53.9 Å². The van der Waals surface area contributed by atoms with Crippen molar-refractivity contribution in [1.82, 2.24) is 20.9 Å². The van der Waals surface area contributed by atoms with Crippen LogP contribution in [0.25, 0.3) is 0 Å². The molecule has 1 aliphatic heterocycles. The largest absolute Gasteiger partial charge is 0.493 e. The number of benzene rings is 2. The lowest BCUT2D eigenvalue weighted by molar-refractivity contribution is -0.137. The van der Waals surface area contributed by atoms with Gasteiger partial charge in [-0.25, -0.2) is 4.39 Å². The molecule has 1 aliphatic rings. The Bertz CT molecular complexity index is 1660. The molecule has 3 atom stereocenters. The summed E-state index contributed by atoms with van der Waals surface area (Å²) in [6, 6.07) is 11.0. The van der Waals surface area contributed by atoms with Gasteiger partial charge in [-0.05, 0) is 73.0 Å². The molecule has 0 fully saturated rings. The molecule has 0 saturated carbocycles. The van der Waals surface area contributed by atoms with Crippen LogP contribution < -0.4 is 25.4 Å². The molecule has 0 aliphatic carbocycles. The van der Waals surface area contributed by atoms with Crippen LogP contribution in [-0.4, -0.2) is 79.2 Å². The van der Waals surface area contributed by atoms with Gasteiger partial charge < -0.3 is 30.3 Å². The minimum Gasteiger partial charge on any atom is -0.493 e. The topological polar surface area (TPSA) is 143 Å². The Balaban J connectivity index is 1.64. The first-order valence-electron chi connectivity index (χ1n) is 15.7. The minimum atomic E-state index is -1.30. The normalized spacial score (nSPS) is 18.6. The summed E-state index contributed by atoms with van der Waals surface area (Å²) in [5, 5.41) is 10.3. The molecule has 2 bridgehead atoms. The first-order chi connectivity index (χ1) is 22.9. The van der Waals surface area contributed by atoms with Crippen molar-refractivity contribution in [2.45, 2.75) is 58.7 Å². The van der Waals surface area contributed by atoms with Crippen LogP contribution in [0.1, 0.15) is 58.9 Å². The molecule has 256 valence electrons. The second-order valence-electron chi connectivity index (χ2n) is 12.0. The Hall–Kier alpha value is -4.78. The van der Waals surface area contributed by atoms with Crippen molar-refractivity contribution in [2.75, 3.05) is 26.7 Å². The van der Waals surface area contributed by atoms with Gasteiger partial charge in [0.1, 0.15) is 5.82 Å². The fraction of sp³-hybridized carbons (Fsp3) is 0.400. The number of amides is 4. The van der Waals surface area contributed by atoms with Gasteiger partial charge in [0.2, 0.25) is 11.8 Å². The minimum absolute atomic E-state index is 0.0349. The van der Waals surface area contributed by atoms with Crippen LogP contribution in [0.2, 0.25) is 0 Å². The van der Waals surface area contributed by atoms with E-state index in [2.05, 4.69) is 16.0 Å². The molecule has 11 nitrogen and oxygen atoms in total. The van der Waals surface area contributed by atoms with Crippen LogP contribution in [0.4, 0.5) is 4.39 Å². The molecular formula is C35H41FN4O7S. The molecule has 3 N–H and O–H groups in total. The number of nitrogens with zero attached hydrogens (tertiary/aromatic N) is 1. The van der Waals surface area contributed by atoms with E-state index in [1.165, 1.54) is 42.4 Å². The summed E-state index contributed by atoms with van der Waals surface area (Å²) in [7, 11) is 1.42. The van der Waals surface area contributed by atoms with Crippen molar-refractivity contribution in [3.8, 4) is 11.5 Å². The maximum Gasteiger partial charge on any atom is 0.263 e. The summed E-state index contributed by atoms with van der Waals surface area (Å²) in [4.78, 5) is 67.9. The second-order valence-corrected chi connectivity index (χ2v) is 13.0. The second kappa shape index (κ2) is 16.4. The molecule has 0 radical (unpaired) electrons. The number of ketones is 1. The van der Waals surface area contributed by atoms with E-state index in [0.29, 0.717) is 16.0 Å². The van der Waals surface area contributed by atoms with Crippen LogP contribution in [0.3, 0.4) is 0 Å². The van der Waals surface area contributed by atoms with E-state index in [4.69, 9.17) is 9.47 Å². The monoisotopic (exact) mass is 680 g/mol. The van der Waals surface area contributed by atoms with Gasteiger partial charge in [-0.1, -0.05) is 32.0 Å². The van der Waals surface area contributed by atoms with E-state index in [-0.39, 0.29) is 67.1 Å². The lowest BCUT2D eigenvalue weighted by Gasteiger charge is -2.32. The summed E-state index contributed by atoms with van der Waals surface area (Å²) in [6.45, 7) is 6.60. The maximum atomic E-state index is 14.2. The van der Waals surface area contributed by atoms with Gasteiger partial charge in [-0.15, -0.1) is 11.3 Å². The number of halogens is 1. The van der Waals surface area contributed by atoms with Gasteiger partial charge in [0.15, 0.2) is 23.4 Å². The summed E-state index contributed by atoms with van der Waals surface area (Å²) in [5.74, 6) is -2.20. The van der Waals surface area contributed by atoms with Crippen LogP contribution in [0, 0.1) is 11.7 Å². The highest BCUT2D eigenvalue weighted by Crippen LogP contribution is 2.30. The van der Waals surface area contributed by atoms with Crippen molar-refractivity contribution >= 4 is 40.7 Å². The Morgan fingerprint density at radius 2 is 1.88 bits per heavy atom. The highest BCUT2D eigenvalue weighted by atomic mass is 32.1. The summed E-state index contributed by atoms with van der Waals surface area (Å²) in [6.07, 6.45) is -1.13. The maximum absolute atomic E-state index is 14.2. The zero-order valence-corrected chi connectivity index (χ0v) is 28.4. The third kappa shape index (κ3) is 9.40. The predicted octanol–water partition coefficient (Wildman–Crippen LogP) is 3.55. The Labute approximate surface area is 283 Å². The predicted molar refractivity (Wildman–Crippen MR) is 179 cm³/mol. The van der Waals surface area contributed by atoms with E-state index in [1.54, 1.807) is 48.7 Å². The SMILES string of the molecule is COc1ccc2cc1O[C@@H](C(=O)NCCc1ccccc1F)[C@H](C)NC(=O)CN(C(=O)Cc1csc(C(C)=O)c1)C[C@H](C(C)C)NC2=O. The molecule has 4 rings (SSSR count). The Kier molecular flexibility index (Phi) is 12.3. The average molecular weight is 681 g/mol. The average Bonchev–Trinajstić information content (AvgIpc) is 3.51. The molecule has 4 amide bonds. The lowest BCUT2D eigenvalue weighted by atomic mass is 10.0. The van der Waals surface area contributed by atoms with E-state index in [0.717, 1.165) is 0 Å². The van der Waals surface area contributed by atoms with Gasteiger partial charge in [0.05, 0.1) is 31.0 Å². The number of methoxy groups -OCH3 is 1. The number of carbonyl (C=O) groups excluding carboxylic acids is 5. The number of thiophene rings is 1. The standard InChI is InChI=1S/C35H41FN4O7S/c1-20(2)27-17-40(32(43)15-23-14-30(22(4)41)48-19-23)18-31(42)38-21(3)33(35(45)37-13-12-24-8-6-7-9-26(24)36)47-29-16-25(34(44)39-27)10-11-28(29)46-5/h6-11,14,16,19-21,27,33H,12-13,15,17-18H2,1-5H3,(H,37,45)(H,38,42)(H,39,44)/t21-,27+,33+/m0/s1. The first-order valence-corrected chi connectivity index (χ1v) is 16.6. The zero-order chi connectivity index (χ0) is 35.0. The van der Waals surface area contributed by atoms with E-state index < -0.39 is 41.7 Å². The lowest BCUT2D eigenvalue weighted by Crippen LogP contribution is -2.55. The Morgan fingerprint density at radius 3 is 2.54 bits per heavy atom. The molecule has 0 spiro atoms. The van der Waals surface area contributed by atoms with E-state index in [1.807, 2.05) is 13.8 Å². The number of carbonyl (C=O) groups is 5. The highest BCUT2D eigenvalue weighted by Gasteiger charge is 2.32. The summed E-state index contributed by atoms with van der Waals surface area (Å²) >= 11 is 1.24. The van der Waals surface area contributed by atoms with Gasteiger partial charge in [0.25, 0.3) is 11.8 Å². The van der Waals surface area contributed by atoms with E-state index >= 15 is 0 Å². The number of fused-ring (bicyclic) bond motifs is 2. The number of hydrogen-bond acceptors (Lipinski definition) is 8. The Morgan fingerprint density at radius 1 is 1.12 bits per heavy atom. The highest BCUT2D eigenvalue weighted by molar-refractivity contribution is 7.12. The van der Waals surface area contributed by atoms with Crippen molar-refractivity contribution < 1.29 is 37.8 Å². The number of rotatable bonds is 9. The molecule has 2 heterocycles. The zero-order valence-electron chi connectivity index (χ0n) is 27.6. The third-order valence-corrected chi connectivity index (χ3v) is 9.09. The summed E-state index contributed by atoms with van der Waals surface area (Å²) in [5.41, 5.74) is 1.30. The molecule has 13 heteroatoms. The number of hydrogen-bond donors (Lipinski definition) is 3. The van der Waals surface area contributed by atoms with Crippen molar-refractivity contribution in [3.05, 3.63) is 81.3 Å². The van der Waals surface area contributed by atoms with Crippen molar-refractivity contribution in [3.63, 3.8) is 0 Å². The van der Waals surface area contributed by atoms with Crippen LogP contribution in [0.5, 0.6) is 11.5 Å². The first kappa shape index (κ1) is 36.1. The number of ether oxygens (including phenoxy) is 2. The fourth-order valence-corrected chi connectivity index (χ4v) is 6.02. The molecule has 3 aromatic rings. The van der Waals surface area contributed by atoms with Crippen molar-refractivity contribution in [1.29, 1.82) is 0 Å². The smallest absolute Gasteiger partial charge is 0.263 e. The molecule has 0 saturated heterocycles. The molecule has 48 heavy (non-hydrogen) atoms.